The maximum Gasteiger partial charge on any atom is 0.335 e. The molecule has 0 aromatic heterocycles. The van der Waals surface area contributed by atoms with Gasteiger partial charge in [-0.1, -0.05) is 48.5 Å². The fourth-order valence-corrected chi connectivity index (χ4v) is 2.91. The molecule has 3 rings (SSSR count). The van der Waals surface area contributed by atoms with E-state index < -0.39 is 5.97 Å². The highest BCUT2D eigenvalue weighted by molar-refractivity contribution is 6.14. The van der Waals surface area contributed by atoms with Crippen LogP contribution in [0.15, 0.2) is 78.4 Å². The van der Waals surface area contributed by atoms with Gasteiger partial charge in [-0.15, -0.1) is 0 Å². The third-order valence-electron chi connectivity index (χ3n) is 4.47. The minimum Gasteiger partial charge on any atom is -0.493 e. The molecule has 1 N–H and O–H groups in total. The first-order valence-electron chi connectivity index (χ1n) is 9.36. The second-order valence-electron chi connectivity index (χ2n) is 6.57. The molecule has 0 spiro atoms. The molecule has 0 radical (unpaired) electrons. The van der Waals surface area contributed by atoms with Gasteiger partial charge in [0.25, 0.3) is 0 Å². The van der Waals surface area contributed by atoms with Crippen molar-refractivity contribution in [2.45, 2.75) is 6.61 Å². The molecule has 31 heavy (non-hydrogen) atoms. The fraction of sp³-hybridized carbons (Fsp3) is 0.0800. The summed E-state index contributed by atoms with van der Waals surface area (Å²) in [7, 11) is 1.49. The molecular formula is C25H19NO5. The zero-order valence-electron chi connectivity index (χ0n) is 16.7. The van der Waals surface area contributed by atoms with Gasteiger partial charge in [0.15, 0.2) is 11.5 Å². The van der Waals surface area contributed by atoms with Crippen LogP contribution < -0.4 is 9.47 Å². The lowest BCUT2D eigenvalue weighted by Crippen LogP contribution is -2.02. The number of hydrogen-bond donors (Lipinski definition) is 1. The maximum atomic E-state index is 12.5. The third kappa shape index (κ3) is 5.37. The van der Waals surface area contributed by atoms with Crippen LogP contribution in [-0.2, 0) is 6.61 Å². The van der Waals surface area contributed by atoms with Crippen molar-refractivity contribution in [2.24, 2.45) is 0 Å². The van der Waals surface area contributed by atoms with E-state index in [0.717, 1.165) is 0 Å². The molecule has 0 bridgehead atoms. The number of carbonyl (C=O) groups excluding carboxylic acids is 1. The Labute approximate surface area is 179 Å². The predicted molar refractivity (Wildman–Crippen MR) is 115 cm³/mol. The molecule has 0 aliphatic rings. The highest BCUT2D eigenvalue weighted by Crippen LogP contribution is 2.30. The van der Waals surface area contributed by atoms with Crippen molar-refractivity contribution in [1.29, 1.82) is 5.26 Å². The monoisotopic (exact) mass is 413 g/mol. The summed E-state index contributed by atoms with van der Waals surface area (Å²) in [4.78, 5) is 23.7. The standard InChI is InChI=1S/C25H19NO5/c1-30-23-14-17(12-21(15-26)24(27)19-7-3-2-4-8-19)10-11-22(23)31-16-18-6-5-9-20(13-18)25(28)29/h2-14H,16H2,1H3,(H,28,29)/b21-12+. The number of methoxy groups -OCH3 is 1. The summed E-state index contributed by atoms with van der Waals surface area (Å²) < 4.78 is 11.2. The molecule has 0 heterocycles. The second-order valence-corrected chi connectivity index (χ2v) is 6.57. The Kier molecular flexibility index (Phi) is 6.82. The topological polar surface area (TPSA) is 96.6 Å². The van der Waals surface area contributed by atoms with Crippen molar-refractivity contribution in [3.63, 3.8) is 0 Å². The molecule has 0 atom stereocenters. The van der Waals surface area contributed by atoms with Gasteiger partial charge in [-0.2, -0.15) is 5.26 Å². The summed E-state index contributed by atoms with van der Waals surface area (Å²) in [5.41, 5.74) is 1.93. The number of aromatic carboxylic acids is 1. The number of allylic oxidation sites excluding steroid dienone is 1. The first-order valence-corrected chi connectivity index (χ1v) is 9.36. The maximum absolute atomic E-state index is 12.5. The highest BCUT2D eigenvalue weighted by atomic mass is 16.5. The van der Waals surface area contributed by atoms with Crippen molar-refractivity contribution in [3.05, 3.63) is 101 Å². The van der Waals surface area contributed by atoms with E-state index in [1.54, 1.807) is 66.7 Å². The minimum absolute atomic E-state index is 0.00686. The molecule has 6 nitrogen and oxygen atoms in total. The Morgan fingerprint density at radius 2 is 1.71 bits per heavy atom. The van der Waals surface area contributed by atoms with Gasteiger partial charge in [0.05, 0.1) is 12.7 Å². The Balaban J connectivity index is 1.80. The molecule has 3 aromatic carbocycles. The summed E-state index contributed by atoms with van der Waals surface area (Å²) in [6.07, 6.45) is 1.50. The van der Waals surface area contributed by atoms with Gasteiger partial charge in [0, 0.05) is 5.56 Å². The van der Waals surface area contributed by atoms with E-state index in [-0.39, 0.29) is 23.5 Å². The van der Waals surface area contributed by atoms with E-state index in [1.807, 2.05) is 6.07 Å². The van der Waals surface area contributed by atoms with E-state index in [4.69, 9.17) is 14.6 Å². The number of hydrogen-bond acceptors (Lipinski definition) is 5. The lowest BCUT2D eigenvalue weighted by Gasteiger charge is -2.12. The quantitative estimate of drug-likeness (QED) is 0.325. The van der Waals surface area contributed by atoms with E-state index in [0.29, 0.717) is 28.2 Å². The van der Waals surface area contributed by atoms with Gasteiger partial charge in [-0.25, -0.2) is 4.79 Å². The lowest BCUT2D eigenvalue weighted by molar-refractivity contribution is 0.0696. The molecule has 0 amide bonds. The van der Waals surface area contributed by atoms with Crippen LogP contribution in [-0.4, -0.2) is 24.0 Å². The number of benzene rings is 3. The molecule has 154 valence electrons. The number of rotatable bonds is 8. The van der Waals surface area contributed by atoms with Crippen molar-refractivity contribution in [3.8, 4) is 17.6 Å². The van der Waals surface area contributed by atoms with Crippen LogP contribution >= 0.6 is 0 Å². The first kappa shape index (κ1) is 21.3. The first-order chi connectivity index (χ1) is 15.0. The SMILES string of the molecule is COc1cc(/C=C(\C#N)C(=O)c2ccccc2)ccc1OCc1cccc(C(=O)O)c1. The molecule has 6 heteroatoms. The van der Waals surface area contributed by atoms with E-state index in [1.165, 1.54) is 19.3 Å². The van der Waals surface area contributed by atoms with Crippen molar-refractivity contribution in [1.82, 2.24) is 0 Å². The lowest BCUT2D eigenvalue weighted by atomic mass is 10.0. The summed E-state index contributed by atoms with van der Waals surface area (Å²) in [5, 5.41) is 18.5. The fourth-order valence-electron chi connectivity index (χ4n) is 2.91. The number of ether oxygens (including phenoxy) is 2. The van der Waals surface area contributed by atoms with Gasteiger partial charge < -0.3 is 14.6 Å². The number of carboxylic acid groups (broad SMARTS) is 1. The van der Waals surface area contributed by atoms with Crippen LogP contribution in [0.3, 0.4) is 0 Å². The zero-order chi connectivity index (χ0) is 22.2. The Bertz CT molecular complexity index is 1180. The van der Waals surface area contributed by atoms with Crippen LogP contribution in [0.2, 0.25) is 0 Å². The Morgan fingerprint density at radius 3 is 2.39 bits per heavy atom. The van der Waals surface area contributed by atoms with Crippen molar-refractivity contribution >= 4 is 17.8 Å². The van der Waals surface area contributed by atoms with Crippen LogP contribution in [0.5, 0.6) is 11.5 Å². The molecule has 3 aromatic rings. The summed E-state index contributed by atoms with van der Waals surface area (Å²) in [6, 6.07) is 22.1. The van der Waals surface area contributed by atoms with E-state index in [2.05, 4.69) is 0 Å². The minimum atomic E-state index is -1.01. The molecular weight excluding hydrogens is 394 g/mol. The summed E-state index contributed by atoms with van der Waals surface area (Å²) >= 11 is 0. The van der Waals surface area contributed by atoms with Gasteiger partial charge in [-0.3, -0.25) is 4.79 Å². The predicted octanol–water partition coefficient (Wildman–Crippen LogP) is 4.76. The number of carbonyl (C=O) groups is 2. The number of nitrogens with zero attached hydrogens (tertiary/aromatic N) is 1. The number of ketones is 1. The zero-order valence-corrected chi connectivity index (χ0v) is 16.7. The van der Waals surface area contributed by atoms with Gasteiger partial charge in [0.1, 0.15) is 18.2 Å². The van der Waals surface area contributed by atoms with Gasteiger partial charge in [-0.05, 0) is 41.5 Å². The van der Waals surface area contributed by atoms with Gasteiger partial charge in [0.2, 0.25) is 5.78 Å². The average Bonchev–Trinajstić information content (AvgIpc) is 2.81. The highest BCUT2D eigenvalue weighted by Gasteiger charge is 2.13. The van der Waals surface area contributed by atoms with Crippen LogP contribution in [0.1, 0.15) is 31.8 Å². The van der Waals surface area contributed by atoms with Crippen LogP contribution in [0, 0.1) is 11.3 Å². The number of nitriles is 1. The average molecular weight is 413 g/mol. The van der Waals surface area contributed by atoms with Gasteiger partial charge >= 0.3 is 5.97 Å². The number of Topliss-reactive ketones (excluding diaryl/α,β-unsaturated/α-hetero) is 1. The molecule has 0 aliphatic carbocycles. The summed E-state index contributed by atoms with van der Waals surface area (Å²) in [6.45, 7) is 0.155. The molecule has 0 saturated carbocycles. The normalized spacial score (nSPS) is 10.8. The van der Waals surface area contributed by atoms with Crippen molar-refractivity contribution in [2.75, 3.05) is 7.11 Å². The second kappa shape index (κ2) is 9.90. The molecule has 0 unspecified atom stereocenters. The third-order valence-corrected chi connectivity index (χ3v) is 4.47. The van der Waals surface area contributed by atoms with Crippen molar-refractivity contribution < 1.29 is 24.2 Å². The molecule has 0 saturated heterocycles. The molecule has 0 fully saturated rings. The Hall–Kier alpha value is -4.37. The number of carboxylic acids is 1. The largest absolute Gasteiger partial charge is 0.493 e. The van der Waals surface area contributed by atoms with E-state index in [9.17, 15) is 14.9 Å². The molecule has 0 aliphatic heterocycles. The smallest absolute Gasteiger partial charge is 0.335 e. The summed E-state index contributed by atoms with van der Waals surface area (Å²) in [5.74, 6) is -0.490. The van der Waals surface area contributed by atoms with Crippen LogP contribution in [0.4, 0.5) is 0 Å². The van der Waals surface area contributed by atoms with Crippen LogP contribution in [0.25, 0.3) is 6.08 Å². The Morgan fingerprint density at radius 1 is 0.968 bits per heavy atom. The van der Waals surface area contributed by atoms with E-state index >= 15 is 0 Å².